The summed E-state index contributed by atoms with van der Waals surface area (Å²) in [6.45, 7) is 2.83. The lowest BCUT2D eigenvalue weighted by atomic mass is 10.1. The van der Waals surface area contributed by atoms with Crippen molar-refractivity contribution in [3.63, 3.8) is 0 Å². The molecule has 0 aliphatic heterocycles. The molecule has 0 unspecified atom stereocenters. The van der Waals surface area contributed by atoms with Crippen LogP contribution in [0, 0.1) is 6.92 Å². The molecular formula is C13H18N2O. The first-order chi connectivity index (χ1) is 7.77. The smallest absolute Gasteiger partial charge is 0.128 e. The molecule has 3 N–H and O–H groups in total. The molecule has 0 aliphatic carbocycles. The Morgan fingerprint density at radius 1 is 1.38 bits per heavy atom. The van der Waals surface area contributed by atoms with Crippen molar-refractivity contribution in [2.75, 3.05) is 13.7 Å². The van der Waals surface area contributed by atoms with Crippen LogP contribution in [0.25, 0.3) is 10.9 Å². The number of nitrogens with two attached hydrogens (primary N) is 1. The van der Waals surface area contributed by atoms with Gasteiger partial charge in [-0.25, -0.2) is 0 Å². The number of ether oxygens (including phenoxy) is 1. The van der Waals surface area contributed by atoms with Crippen LogP contribution in [0.1, 0.15) is 17.7 Å². The third-order valence-corrected chi connectivity index (χ3v) is 2.95. The number of aromatic nitrogens is 1. The van der Waals surface area contributed by atoms with Crippen molar-refractivity contribution >= 4 is 10.9 Å². The summed E-state index contributed by atoms with van der Waals surface area (Å²) in [5.74, 6) is 0.939. The minimum absolute atomic E-state index is 0.723. The molecule has 0 bridgehead atoms. The van der Waals surface area contributed by atoms with E-state index >= 15 is 0 Å². The van der Waals surface area contributed by atoms with E-state index in [1.807, 2.05) is 12.1 Å². The predicted molar refractivity (Wildman–Crippen MR) is 67.0 cm³/mol. The third-order valence-electron chi connectivity index (χ3n) is 2.95. The van der Waals surface area contributed by atoms with Crippen molar-refractivity contribution in [2.45, 2.75) is 19.8 Å². The molecule has 0 spiro atoms. The van der Waals surface area contributed by atoms with Crippen LogP contribution >= 0.6 is 0 Å². The average molecular weight is 218 g/mol. The maximum atomic E-state index is 5.57. The lowest BCUT2D eigenvalue weighted by Gasteiger charge is -2.05. The molecule has 1 aromatic carbocycles. The molecule has 2 aromatic rings. The number of nitrogens with one attached hydrogen (secondary N) is 1. The Morgan fingerprint density at radius 3 is 2.88 bits per heavy atom. The van der Waals surface area contributed by atoms with Gasteiger partial charge in [-0.1, -0.05) is 6.07 Å². The fourth-order valence-corrected chi connectivity index (χ4v) is 2.17. The standard InChI is InChI=1S/C13H18N2O/c1-9-10(5-4-8-14)13-11(15-9)6-3-7-12(13)16-2/h3,6-7,15H,4-5,8,14H2,1-2H3. The number of hydrogen-bond donors (Lipinski definition) is 2. The van der Waals surface area contributed by atoms with Gasteiger partial charge in [0.25, 0.3) is 0 Å². The molecule has 3 heteroatoms. The number of benzene rings is 1. The Bertz CT molecular complexity index is 488. The minimum Gasteiger partial charge on any atom is -0.496 e. The van der Waals surface area contributed by atoms with E-state index in [4.69, 9.17) is 10.5 Å². The van der Waals surface area contributed by atoms with Gasteiger partial charge in [-0.15, -0.1) is 0 Å². The maximum absolute atomic E-state index is 5.57. The summed E-state index contributed by atoms with van der Waals surface area (Å²) in [4.78, 5) is 3.39. The third kappa shape index (κ3) is 1.78. The van der Waals surface area contributed by atoms with Crippen molar-refractivity contribution in [1.82, 2.24) is 4.98 Å². The highest BCUT2D eigenvalue weighted by atomic mass is 16.5. The molecular weight excluding hydrogens is 200 g/mol. The van der Waals surface area contributed by atoms with Crippen LogP contribution in [0.4, 0.5) is 0 Å². The Hall–Kier alpha value is -1.48. The van der Waals surface area contributed by atoms with Crippen molar-refractivity contribution < 1.29 is 4.74 Å². The number of aromatic amines is 1. The highest BCUT2D eigenvalue weighted by Gasteiger charge is 2.11. The van der Waals surface area contributed by atoms with E-state index in [-0.39, 0.29) is 0 Å². The van der Waals surface area contributed by atoms with E-state index in [9.17, 15) is 0 Å². The molecule has 86 valence electrons. The number of hydrogen-bond acceptors (Lipinski definition) is 2. The molecule has 0 radical (unpaired) electrons. The topological polar surface area (TPSA) is 51.0 Å². The zero-order chi connectivity index (χ0) is 11.5. The normalized spacial score (nSPS) is 10.9. The summed E-state index contributed by atoms with van der Waals surface area (Å²) in [7, 11) is 1.71. The van der Waals surface area contributed by atoms with Crippen LogP contribution in [0.2, 0.25) is 0 Å². The maximum Gasteiger partial charge on any atom is 0.128 e. The summed E-state index contributed by atoms with van der Waals surface area (Å²) >= 11 is 0. The van der Waals surface area contributed by atoms with Gasteiger partial charge in [-0.3, -0.25) is 0 Å². The van der Waals surface area contributed by atoms with Crippen LogP contribution in [0.3, 0.4) is 0 Å². The molecule has 0 amide bonds. The molecule has 3 nitrogen and oxygen atoms in total. The summed E-state index contributed by atoms with van der Waals surface area (Å²) in [6, 6.07) is 6.09. The van der Waals surface area contributed by atoms with Gasteiger partial charge in [0.2, 0.25) is 0 Å². The molecule has 1 aromatic heterocycles. The van der Waals surface area contributed by atoms with E-state index in [1.165, 1.54) is 16.6 Å². The van der Waals surface area contributed by atoms with Gasteiger partial charge in [-0.05, 0) is 44.0 Å². The Labute approximate surface area is 95.6 Å². The van der Waals surface area contributed by atoms with Gasteiger partial charge in [0.1, 0.15) is 5.75 Å². The first-order valence-electron chi connectivity index (χ1n) is 5.62. The van der Waals surface area contributed by atoms with Crippen LogP contribution in [0.5, 0.6) is 5.75 Å². The molecule has 0 aliphatic rings. The Morgan fingerprint density at radius 2 is 2.19 bits per heavy atom. The van der Waals surface area contributed by atoms with Crippen molar-refractivity contribution in [3.8, 4) is 5.75 Å². The fourth-order valence-electron chi connectivity index (χ4n) is 2.17. The number of rotatable bonds is 4. The second kappa shape index (κ2) is 4.58. The van der Waals surface area contributed by atoms with Crippen LogP contribution < -0.4 is 10.5 Å². The van der Waals surface area contributed by atoms with E-state index in [1.54, 1.807) is 7.11 Å². The first kappa shape index (κ1) is 11.0. The largest absolute Gasteiger partial charge is 0.496 e. The second-order valence-corrected chi connectivity index (χ2v) is 4.00. The second-order valence-electron chi connectivity index (χ2n) is 4.00. The minimum atomic E-state index is 0.723. The van der Waals surface area contributed by atoms with Crippen LogP contribution in [-0.4, -0.2) is 18.6 Å². The number of aryl methyl sites for hydroxylation is 2. The molecule has 0 fully saturated rings. The fraction of sp³-hybridized carbons (Fsp3) is 0.385. The average Bonchev–Trinajstić information content (AvgIpc) is 2.62. The SMILES string of the molecule is COc1cccc2[nH]c(C)c(CCCN)c12. The summed E-state index contributed by atoms with van der Waals surface area (Å²) in [5, 5.41) is 1.20. The van der Waals surface area contributed by atoms with Gasteiger partial charge in [0.15, 0.2) is 0 Å². The van der Waals surface area contributed by atoms with Gasteiger partial charge >= 0.3 is 0 Å². The zero-order valence-electron chi connectivity index (χ0n) is 9.84. The van der Waals surface area contributed by atoms with E-state index in [0.29, 0.717) is 0 Å². The van der Waals surface area contributed by atoms with Gasteiger partial charge < -0.3 is 15.5 Å². The van der Waals surface area contributed by atoms with E-state index in [0.717, 1.165) is 30.7 Å². The number of methoxy groups -OCH3 is 1. The van der Waals surface area contributed by atoms with Crippen LogP contribution in [0.15, 0.2) is 18.2 Å². The highest BCUT2D eigenvalue weighted by molar-refractivity contribution is 5.90. The lowest BCUT2D eigenvalue weighted by Crippen LogP contribution is -2.01. The highest BCUT2D eigenvalue weighted by Crippen LogP contribution is 2.31. The van der Waals surface area contributed by atoms with Gasteiger partial charge in [-0.2, -0.15) is 0 Å². The van der Waals surface area contributed by atoms with Crippen molar-refractivity contribution in [3.05, 3.63) is 29.5 Å². The van der Waals surface area contributed by atoms with E-state index in [2.05, 4.69) is 18.0 Å². The monoisotopic (exact) mass is 218 g/mol. The summed E-state index contributed by atoms with van der Waals surface area (Å²) in [6.07, 6.45) is 2.01. The Balaban J connectivity index is 2.56. The molecule has 0 saturated heterocycles. The molecule has 0 atom stereocenters. The summed E-state index contributed by atoms with van der Waals surface area (Å²) in [5.41, 5.74) is 9.26. The predicted octanol–water partition coefficient (Wildman–Crippen LogP) is 2.38. The molecule has 0 saturated carbocycles. The molecule has 16 heavy (non-hydrogen) atoms. The lowest BCUT2D eigenvalue weighted by molar-refractivity contribution is 0.419. The van der Waals surface area contributed by atoms with Crippen molar-refractivity contribution in [2.24, 2.45) is 5.73 Å². The van der Waals surface area contributed by atoms with E-state index < -0.39 is 0 Å². The number of fused-ring (bicyclic) bond motifs is 1. The Kier molecular flexibility index (Phi) is 3.15. The quantitative estimate of drug-likeness (QED) is 0.827. The van der Waals surface area contributed by atoms with Crippen molar-refractivity contribution in [1.29, 1.82) is 0 Å². The van der Waals surface area contributed by atoms with Gasteiger partial charge in [0, 0.05) is 16.6 Å². The zero-order valence-corrected chi connectivity index (χ0v) is 9.84. The number of H-pyrrole nitrogens is 1. The summed E-state index contributed by atoms with van der Waals surface area (Å²) < 4.78 is 5.41. The van der Waals surface area contributed by atoms with Crippen LogP contribution in [-0.2, 0) is 6.42 Å². The molecule has 2 rings (SSSR count). The molecule has 1 heterocycles. The van der Waals surface area contributed by atoms with Gasteiger partial charge in [0.05, 0.1) is 7.11 Å². The first-order valence-corrected chi connectivity index (χ1v) is 5.62.